The van der Waals surface area contributed by atoms with Gasteiger partial charge in [-0.25, -0.2) is 0 Å². The van der Waals surface area contributed by atoms with Crippen LogP contribution in [0.25, 0.3) is 0 Å². The molecule has 0 heterocycles. The molecule has 0 aliphatic rings. The third kappa shape index (κ3) is 7.79. The number of benzene rings is 1. The van der Waals surface area contributed by atoms with Crippen LogP contribution in [0.5, 0.6) is 0 Å². The number of hydrogen-bond acceptors (Lipinski definition) is 5. The zero-order chi connectivity index (χ0) is 13.1. The normalized spacial score (nSPS) is 9.18. The zero-order valence-corrected chi connectivity index (χ0v) is 11.1. The Hall–Kier alpha value is -1.04. The van der Waals surface area contributed by atoms with Gasteiger partial charge in [0, 0.05) is 4.90 Å². The molecule has 4 N–H and O–H groups in total. The minimum Gasteiger partial charge on any atom is -0.460 e. The number of ether oxygens (including phenoxy) is 1. The third-order valence-electron chi connectivity index (χ3n) is 1.63. The first-order valence-corrected chi connectivity index (χ1v) is 6.37. The lowest BCUT2D eigenvalue weighted by molar-refractivity contribution is -0.143. The molecular formula is C12H20N2O2S. The van der Waals surface area contributed by atoms with Crippen LogP contribution in [0, 0.1) is 0 Å². The lowest BCUT2D eigenvalue weighted by Gasteiger charge is -2.03. The molecular weight excluding hydrogens is 236 g/mol. The Labute approximate surface area is 107 Å². The highest BCUT2D eigenvalue weighted by Gasteiger charge is 1.99. The van der Waals surface area contributed by atoms with Gasteiger partial charge < -0.3 is 10.5 Å². The van der Waals surface area contributed by atoms with Gasteiger partial charge in [0.25, 0.3) is 0 Å². The molecule has 1 aromatic carbocycles. The summed E-state index contributed by atoms with van der Waals surface area (Å²) in [5.41, 5.74) is 6.01. The molecule has 96 valence electrons. The van der Waals surface area contributed by atoms with Crippen LogP contribution in [0.15, 0.2) is 29.2 Å². The van der Waals surface area contributed by atoms with E-state index in [4.69, 9.17) is 15.6 Å². The maximum absolute atomic E-state index is 10.7. The lowest BCUT2D eigenvalue weighted by atomic mass is 10.2. The highest BCUT2D eigenvalue weighted by atomic mass is 32.2. The summed E-state index contributed by atoms with van der Waals surface area (Å²) in [5, 5.41) is 5.36. The van der Waals surface area contributed by atoms with Crippen LogP contribution < -0.4 is 10.9 Å². The molecule has 0 spiro atoms. The van der Waals surface area contributed by atoms with Crippen molar-refractivity contribution in [1.82, 2.24) is 0 Å². The quantitative estimate of drug-likeness (QED) is 0.637. The molecule has 0 saturated heterocycles. The predicted molar refractivity (Wildman–Crippen MR) is 71.3 cm³/mol. The molecule has 0 aromatic heterocycles. The second kappa shape index (κ2) is 10.1. The number of esters is 1. The molecule has 0 radical (unpaired) electrons. The minimum atomic E-state index is -0.401. The van der Waals surface area contributed by atoms with Crippen LogP contribution >= 0.6 is 11.9 Å². The van der Waals surface area contributed by atoms with E-state index in [1.165, 1.54) is 18.4 Å². The fourth-order valence-electron chi connectivity index (χ4n) is 0.887. The van der Waals surface area contributed by atoms with E-state index in [0.29, 0.717) is 0 Å². The average Bonchev–Trinajstić information content (AvgIpc) is 2.37. The van der Waals surface area contributed by atoms with Gasteiger partial charge in [0.2, 0.25) is 0 Å². The van der Waals surface area contributed by atoms with Crippen molar-refractivity contribution in [2.75, 3.05) is 6.54 Å². The molecule has 0 amide bonds. The summed E-state index contributed by atoms with van der Waals surface area (Å²) in [6, 6.07) is 7.46. The van der Waals surface area contributed by atoms with Gasteiger partial charge in [-0.1, -0.05) is 32.4 Å². The van der Waals surface area contributed by atoms with E-state index >= 15 is 0 Å². The largest absolute Gasteiger partial charge is 0.460 e. The molecule has 0 aliphatic heterocycles. The van der Waals surface area contributed by atoms with Gasteiger partial charge in [-0.15, -0.1) is 0 Å². The van der Waals surface area contributed by atoms with Crippen molar-refractivity contribution in [3.05, 3.63) is 29.8 Å². The van der Waals surface area contributed by atoms with E-state index in [0.717, 1.165) is 10.5 Å². The Kier molecular flexibility index (Phi) is 9.52. The van der Waals surface area contributed by atoms with Crippen LogP contribution in [-0.2, 0) is 16.1 Å². The van der Waals surface area contributed by atoms with E-state index in [-0.39, 0.29) is 13.2 Å². The first-order valence-electron chi connectivity index (χ1n) is 5.49. The second-order valence-corrected chi connectivity index (χ2v) is 4.04. The summed E-state index contributed by atoms with van der Waals surface area (Å²) in [6.45, 7) is 4.42. The van der Waals surface area contributed by atoms with E-state index in [9.17, 15) is 4.79 Å². The Morgan fingerprint density at radius 2 is 1.82 bits per heavy atom. The smallest absolute Gasteiger partial charge is 0.320 e. The van der Waals surface area contributed by atoms with Crippen molar-refractivity contribution in [3.8, 4) is 0 Å². The number of hydrogen-bond donors (Lipinski definition) is 2. The van der Waals surface area contributed by atoms with Crippen LogP contribution in [0.1, 0.15) is 25.8 Å². The maximum atomic E-state index is 10.7. The Bertz CT molecular complexity index is 315. The van der Waals surface area contributed by atoms with Crippen LogP contribution in [0.2, 0.25) is 0 Å². The van der Waals surface area contributed by atoms with E-state index in [2.05, 4.69) is 13.8 Å². The molecule has 1 aromatic rings. The highest BCUT2D eigenvalue weighted by molar-refractivity contribution is 7.97. The van der Waals surface area contributed by atoms with Crippen molar-refractivity contribution >= 4 is 17.9 Å². The summed E-state index contributed by atoms with van der Waals surface area (Å²) in [6.07, 6.45) is 1.25. The monoisotopic (exact) mass is 256 g/mol. The van der Waals surface area contributed by atoms with Gasteiger partial charge in [-0.05, 0) is 29.6 Å². The van der Waals surface area contributed by atoms with Crippen LogP contribution in [0.3, 0.4) is 0 Å². The number of carbonyl (C=O) groups is 1. The number of rotatable bonds is 4. The Balaban J connectivity index is 0.000000770. The van der Waals surface area contributed by atoms with Crippen molar-refractivity contribution in [2.45, 2.75) is 31.8 Å². The topological polar surface area (TPSA) is 78.3 Å². The highest BCUT2D eigenvalue weighted by Crippen LogP contribution is 2.12. The number of nitrogens with two attached hydrogens (primary N) is 2. The van der Waals surface area contributed by atoms with Crippen LogP contribution in [-0.4, -0.2) is 12.5 Å². The van der Waals surface area contributed by atoms with Gasteiger partial charge in [-0.2, -0.15) is 0 Å². The average molecular weight is 256 g/mol. The van der Waals surface area contributed by atoms with E-state index < -0.39 is 5.97 Å². The Morgan fingerprint density at radius 3 is 2.24 bits per heavy atom. The first-order chi connectivity index (χ1) is 8.17. The maximum Gasteiger partial charge on any atom is 0.320 e. The molecule has 0 fully saturated rings. The van der Waals surface area contributed by atoms with Crippen LogP contribution in [0.4, 0.5) is 0 Å². The molecule has 5 heteroatoms. The summed E-state index contributed by atoms with van der Waals surface area (Å²) in [7, 11) is 0. The predicted octanol–water partition coefficient (Wildman–Crippen LogP) is 2.07. The van der Waals surface area contributed by atoms with Gasteiger partial charge >= 0.3 is 5.97 Å². The van der Waals surface area contributed by atoms with Crippen molar-refractivity contribution in [3.63, 3.8) is 0 Å². The number of carbonyl (C=O) groups excluding carboxylic acids is 1. The fraction of sp³-hybridized carbons (Fsp3) is 0.417. The van der Waals surface area contributed by atoms with Gasteiger partial charge in [0.15, 0.2) is 0 Å². The second-order valence-electron chi connectivity index (χ2n) is 3.33. The fourth-order valence-corrected chi connectivity index (χ4v) is 1.18. The summed E-state index contributed by atoms with van der Waals surface area (Å²) >= 11 is 1.18. The van der Waals surface area contributed by atoms with E-state index in [1.54, 1.807) is 0 Å². The van der Waals surface area contributed by atoms with Gasteiger partial charge in [0.05, 0.1) is 6.54 Å². The summed E-state index contributed by atoms with van der Waals surface area (Å²) < 4.78 is 4.85. The first kappa shape index (κ1) is 16.0. The Morgan fingerprint density at radius 1 is 1.29 bits per heavy atom. The SMILES string of the molecule is CCC.NCC(=O)OCc1ccc(SN)cc1. The summed E-state index contributed by atoms with van der Waals surface area (Å²) in [5.74, 6) is -0.401. The molecule has 0 atom stereocenters. The van der Waals surface area contributed by atoms with Gasteiger partial charge in [-0.3, -0.25) is 9.93 Å². The third-order valence-corrected chi connectivity index (χ3v) is 2.17. The van der Waals surface area contributed by atoms with Crippen molar-refractivity contribution in [1.29, 1.82) is 0 Å². The summed E-state index contributed by atoms with van der Waals surface area (Å²) in [4.78, 5) is 11.7. The molecule has 0 aliphatic carbocycles. The molecule has 0 bridgehead atoms. The zero-order valence-electron chi connectivity index (χ0n) is 10.3. The van der Waals surface area contributed by atoms with Gasteiger partial charge in [0.1, 0.15) is 6.61 Å². The van der Waals surface area contributed by atoms with E-state index in [1.807, 2.05) is 24.3 Å². The molecule has 0 saturated carbocycles. The molecule has 17 heavy (non-hydrogen) atoms. The standard InChI is InChI=1S/C9H12N2O2S.C3H8/c10-5-9(12)13-6-7-1-3-8(14-11)4-2-7;1-3-2/h1-4H,5-6,10-11H2;3H2,1-2H3. The molecule has 0 unspecified atom stereocenters. The van der Waals surface area contributed by atoms with Crippen molar-refractivity contribution < 1.29 is 9.53 Å². The lowest BCUT2D eigenvalue weighted by Crippen LogP contribution is -2.16. The molecule has 1 rings (SSSR count). The van der Waals surface area contributed by atoms with Crippen molar-refractivity contribution in [2.24, 2.45) is 10.9 Å². The molecule has 4 nitrogen and oxygen atoms in total. The minimum absolute atomic E-state index is 0.0866.